The molecule has 4 rings (SSSR count). The molecule has 1 fully saturated rings. The Morgan fingerprint density at radius 2 is 2.03 bits per heavy atom. The molecular formula is C26H32ClN3O5. The zero-order valence-corrected chi connectivity index (χ0v) is 21.3. The minimum Gasteiger partial charge on any atom is -0.469 e. The first-order valence-electron chi connectivity index (χ1n) is 12.2. The van der Waals surface area contributed by atoms with E-state index in [0.717, 1.165) is 35.9 Å². The Balaban J connectivity index is 1.49. The van der Waals surface area contributed by atoms with Crippen LogP contribution >= 0.6 is 11.6 Å². The number of ether oxygens (including phenoxy) is 2. The molecule has 35 heavy (non-hydrogen) atoms. The highest BCUT2D eigenvalue weighted by Gasteiger charge is 2.31. The molecule has 2 amide bonds. The second kappa shape index (κ2) is 10.8. The van der Waals surface area contributed by atoms with Crippen molar-refractivity contribution in [2.45, 2.75) is 52.0 Å². The summed E-state index contributed by atoms with van der Waals surface area (Å²) in [7, 11) is 1.40. The second-order valence-electron chi connectivity index (χ2n) is 9.38. The molecule has 2 aromatic rings. The van der Waals surface area contributed by atoms with Crippen LogP contribution < -0.4 is 0 Å². The topological polar surface area (TPSA) is 89.0 Å². The van der Waals surface area contributed by atoms with Gasteiger partial charge in [0.2, 0.25) is 0 Å². The summed E-state index contributed by atoms with van der Waals surface area (Å²) in [5.41, 5.74) is 3.16. The lowest BCUT2D eigenvalue weighted by molar-refractivity contribution is -0.141. The number of carbonyl (C=O) groups is 3. The van der Waals surface area contributed by atoms with Gasteiger partial charge in [0, 0.05) is 48.7 Å². The van der Waals surface area contributed by atoms with E-state index >= 15 is 0 Å². The number of benzene rings is 1. The smallest absolute Gasteiger partial charge is 0.410 e. The molecule has 2 heterocycles. The zero-order chi connectivity index (χ0) is 25.1. The Morgan fingerprint density at radius 3 is 2.74 bits per heavy atom. The summed E-state index contributed by atoms with van der Waals surface area (Å²) < 4.78 is 10.1. The Morgan fingerprint density at radius 1 is 1.23 bits per heavy atom. The van der Waals surface area contributed by atoms with Gasteiger partial charge >= 0.3 is 12.1 Å². The number of piperazine rings is 1. The molecule has 1 aliphatic heterocycles. The van der Waals surface area contributed by atoms with Crippen molar-refractivity contribution >= 4 is 40.5 Å². The lowest BCUT2D eigenvalue weighted by Crippen LogP contribution is -2.55. The van der Waals surface area contributed by atoms with Crippen LogP contribution in [0.3, 0.4) is 0 Å². The van der Waals surface area contributed by atoms with E-state index < -0.39 is 0 Å². The molecule has 0 radical (unpaired) electrons. The van der Waals surface area contributed by atoms with Crippen LogP contribution in [0.4, 0.5) is 4.79 Å². The number of aromatic nitrogens is 1. The number of rotatable bonds is 5. The third-order valence-corrected chi connectivity index (χ3v) is 7.33. The number of hydrogen-bond acceptors (Lipinski definition) is 6. The summed E-state index contributed by atoms with van der Waals surface area (Å²) in [6.45, 7) is 5.60. The molecule has 1 aromatic carbocycles. The zero-order valence-electron chi connectivity index (χ0n) is 20.5. The van der Waals surface area contributed by atoms with Gasteiger partial charge in [0.05, 0.1) is 24.3 Å². The van der Waals surface area contributed by atoms with E-state index in [9.17, 15) is 14.4 Å². The summed E-state index contributed by atoms with van der Waals surface area (Å²) in [5.74, 6) is -0.110. The average molecular weight is 502 g/mol. The van der Waals surface area contributed by atoms with Gasteiger partial charge in [-0.3, -0.25) is 14.6 Å². The van der Waals surface area contributed by atoms with Crippen molar-refractivity contribution in [2.75, 3.05) is 33.4 Å². The average Bonchev–Trinajstić information content (AvgIpc) is 2.86. The summed E-state index contributed by atoms with van der Waals surface area (Å²) in [4.78, 5) is 45.5. The van der Waals surface area contributed by atoms with Crippen LogP contribution in [0.2, 0.25) is 5.02 Å². The molecule has 0 N–H and O–H groups in total. The van der Waals surface area contributed by atoms with E-state index in [-0.39, 0.29) is 29.9 Å². The number of carbonyl (C=O) groups excluding carboxylic acids is 3. The normalized spacial score (nSPS) is 19.9. The van der Waals surface area contributed by atoms with Gasteiger partial charge in [0.1, 0.15) is 0 Å². The van der Waals surface area contributed by atoms with Crippen molar-refractivity contribution in [3.05, 3.63) is 40.0 Å². The Kier molecular flexibility index (Phi) is 7.79. The van der Waals surface area contributed by atoms with Gasteiger partial charge in [-0.2, -0.15) is 0 Å². The minimum absolute atomic E-state index is 0.0888. The monoisotopic (exact) mass is 501 g/mol. The van der Waals surface area contributed by atoms with E-state index in [4.69, 9.17) is 26.1 Å². The molecule has 188 valence electrons. The number of aryl methyl sites for hydroxylation is 1. The van der Waals surface area contributed by atoms with Crippen LogP contribution in [0.5, 0.6) is 0 Å². The molecule has 1 saturated heterocycles. The lowest BCUT2D eigenvalue weighted by Gasteiger charge is -2.39. The molecule has 9 heteroatoms. The van der Waals surface area contributed by atoms with E-state index in [0.29, 0.717) is 55.2 Å². The third-order valence-electron chi connectivity index (χ3n) is 6.89. The number of methoxy groups -OCH3 is 1. The fourth-order valence-corrected chi connectivity index (χ4v) is 5.30. The van der Waals surface area contributed by atoms with Gasteiger partial charge in [0.15, 0.2) is 0 Å². The number of fused-ring (bicyclic) bond motifs is 2. The van der Waals surface area contributed by atoms with E-state index in [2.05, 4.69) is 0 Å². The predicted molar refractivity (Wildman–Crippen MR) is 133 cm³/mol. The van der Waals surface area contributed by atoms with Crippen LogP contribution in [-0.2, 0) is 27.1 Å². The third kappa shape index (κ3) is 5.37. The van der Waals surface area contributed by atoms with Crippen LogP contribution in [0.15, 0.2) is 18.2 Å². The Bertz CT molecular complexity index is 1140. The summed E-state index contributed by atoms with van der Waals surface area (Å²) >= 11 is 6.78. The van der Waals surface area contributed by atoms with Crippen molar-refractivity contribution in [2.24, 2.45) is 5.92 Å². The number of hydrogen-bond donors (Lipinski definition) is 0. The van der Waals surface area contributed by atoms with E-state index in [1.165, 1.54) is 7.11 Å². The van der Waals surface area contributed by atoms with E-state index in [1.807, 2.05) is 19.9 Å². The highest BCUT2D eigenvalue weighted by Crippen LogP contribution is 2.36. The molecule has 8 nitrogen and oxygen atoms in total. The maximum absolute atomic E-state index is 13.3. The number of esters is 1. The number of pyridine rings is 1. The second-order valence-corrected chi connectivity index (χ2v) is 9.76. The SMILES string of the molecule is CCCOC(=O)N1CCN(C(=O)c2ccc3c(Cl)c4c(nc3c2)CCC(CC(=O)OC)C4)CC1C. The molecule has 1 aliphatic carbocycles. The fourth-order valence-electron chi connectivity index (χ4n) is 4.95. The highest BCUT2D eigenvalue weighted by molar-refractivity contribution is 6.36. The minimum atomic E-state index is -0.324. The quantitative estimate of drug-likeness (QED) is 0.569. The fraction of sp³-hybridized carbons (Fsp3) is 0.538. The first-order valence-corrected chi connectivity index (χ1v) is 12.6. The van der Waals surface area contributed by atoms with Crippen molar-refractivity contribution in [1.29, 1.82) is 0 Å². The summed E-state index contributed by atoms with van der Waals surface area (Å²) in [5, 5.41) is 1.45. The Labute approximate surface area is 210 Å². The lowest BCUT2D eigenvalue weighted by atomic mass is 9.84. The van der Waals surface area contributed by atoms with Gasteiger partial charge in [-0.05, 0) is 56.2 Å². The van der Waals surface area contributed by atoms with Gasteiger partial charge in [0.25, 0.3) is 5.91 Å². The molecule has 1 aromatic heterocycles. The molecule has 2 aliphatic rings. The summed E-state index contributed by atoms with van der Waals surface area (Å²) in [6, 6.07) is 5.31. The molecular weight excluding hydrogens is 470 g/mol. The van der Waals surface area contributed by atoms with Gasteiger partial charge in [-0.1, -0.05) is 24.6 Å². The largest absolute Gasteiger partial charge is 0.469 e. The molecule has 0 saturated carbocycles. The molecule has 2 unspecified atom stereocenters. The first kappa shape index (κ1) is 25.2. The summed E-state index contributed by atoms with van der Waals surface area (Å²) in [6.07, 6.45) is 3.09. The Hall–Kier alpha value is -2.87. The van der Waals surface area contributed by atoms with Crippen LogP contribution in [-0.4, -0.2) is 72.1 Å². The highest BCUT2D eigenvalue weighted by atomic mass is 35.5. The van der Waals surface area contributed by atoms with Gasteiger partial charge in [-0.15, -0.1) is 0 Å². The standard InChI is InChI=1S/C26H32ClN3O5/c1-4-11-35-26(33)30-10-9-29(15-16(30)2)25(32)18-6-7-19-22(14-18)28-21-8-5-17(13-23(31)34-3)12-20(21)24(19)27/h6-7,14,16-17H,4-5,8-13,15H2,1-3H3. The van der Waals surface area contributed by atoms with Gasteiger partial charge in [-0.25, -0.2) is 4.79 Å². The van der Waals surface area contributed by atoms with Crippen LogP contribution in [0.1, 0.15) is 54.7 Å². The van der Waals surface area contributed by atoms with Crippen LogP contribution in [0, 0.1) is 5.92 Å². The molecule has 0 spiro atoms. The van der Waals surface area contributed by atoms with Crippen molar-refractivity contribution in [3.8, 4) is 0 Å². The number of amides is 2. The van der Waals surface area contributed by atoms with E-state index in [1.54, 1.807) is 21.9 Å². The van der Waals surface area contributed by atoms with Crippen LogP contribution in [0.25, 0.3) is 10.9 Å². The maximum Gasteiger partial charge on any atom is 0.410 e. The first-order chi connectivity index (χ1) is 16.8. The number of halogens is 1. The predicted octanol–water partition coefficient (Wildman–Crippen LogP) is 4.25. The number of nitrogens with zero attached hydrogens (tertiary/aromatic N) is 3. The van der Waals surface area contributed by atoms with Gasteiger partial charge < -0.3 is 19.3 Å². The van der Waals surface area contributed by atoms with Crippen molar-refractivity contribution in [3.63, 3.8) is 0 Å². The van der Waals surface area contributed by atoms with Crippen molar-refractivity contribution < 1.29 is 23.9 Å². The molecule has 2 atom stereocenters. The molecule has 0 bridgehead atoms. The maximum atomic E-state index is 13.3. The van der Waals surface area contributed by atoms with Crippen molar-refractivity contribution in [1.82, 2.24) is 14.8 Å².